The Morgan fingerprint density at radius 1 is 0.864 bits per heavy atom. The van der Waals surface area contributed by atoms with Gasteiger partial charge in [-0.1, -0.05) is 36.4 Å². The summed E-state index contributed by atoms with van der Waals surface area (Å²) in [6.45, 7) is 2.17. The van der Waals surface area contributed by atoms with Gasteiger partial charge in [-0.25, -0.2) is 0 Å². The second kappa shape index (κ2) is 4.98. The molecule has 0 spiro atoms. The predicted molar refractivity (Wildman–Crippen MR) is 94.2 cm³/mol. The van der Waals surface area contributed by atoms with Crippen LogP contribution in [0.15, 0.2) is 60.7 Å². The van der Waals surface area contributed by atoms with Crippen molar-refractivity contribution in [3.05, 3.63) is 71.8 Å². The van der Waals surface area contributed by atoms with E-state index in [4.69, 9.17) is 5.26 Å². The summed E-state index contributed by atoms with van der Waals surface area (Å²) in [6.07, 6.45) is 0. The highest BCUT2D eigenvalue weighted by Crippen LogP contribution is 2.37. The lowest BCUT2D eigenvalue weighted by Crippen LogP contribution is -1.79. The molecular formula is C20H13NS. The third-order valence-electron chi connectivity index (χ3n) is 4.05. The van der Waals surface area contributed by atoms with Crippen LogP contribution in [0.3, 0.4) is 0 Å². The van der Waals surface area contributed by atoms with Crippen molar-refractivity contribution in [2.75, 3.05) is 0 Å². The fourth-order valence-electron chi connectivity index (χ4n) is 2.92. The normalized spacial score (nSPS) is 10.9. The molecule has 2 heteroatoms. The minimum absolute atomic E-state index is 0.697. The monoisotopic (exact) mass is 299 g/mol. The minimum atomic E-state index is 0.697. The molecule has 0 amide bonds. The SMILES string of the molecule is Cc1cccc2sc3cc(-c4ccc(C#N)cc4)ccc3c12. The van der Waals surface area contributed by atoms with Gasteiger partial charge in [0.05, 0.1) is 11.6 Å². The molecular weight excluding hydrogens is 286 g/mol. The molecule has 22 heavy (non-hydrogen) atoms. The molecule has 0 aliphatic heterocycles. The molecule has 0 bridgehead atoms. The number of hydrogen-bond donors (Lipinski definition) is 0. The van der Waals surface area contributed by atoms with Crippen molar-refractivity contribution < 1.29 is 0 Å². The first-order valence-corrected chi connectivity index (χ1v) is 8.00. The topological polar surface area (TPSA) is 23.8 Å². The number of nitrogens with zero attached hydrogens (tertiary/aromatic N) is 1. The second-order valence-corrected chi connectivity index (χ2v) is 6.53. The molecule has 0 saturated heterocycles. The number of rotatable bonds is 1. The van der Waals surface area contributed by atoms with Crippen LogP contribution in [0.5, 0.6) is 0 Å². The first kappa shape index (κ1) is 13.1. The fraction of sp³-hybridized carbons (Fsp3) is 0.0500. The summed E-state index contributed by atoms with van der Waals surface area (Å²) in [6, 6.07) is 23.0. The molecule has 0 unspecified atom stereocenters. The molecule has 4 aromatic rings. The third kappa shape index (κ3) is 1.99. The van der Waals surface area contributed by atoms with E-state index in [2.05, 4.69) is 49.4 Å². The summed E-state index contributed by atoms with van der Waals surface area (Å²) in [5, 5.41) is 11.6. The van der Waals surface area contributed by atoms with Gasteiger partial charge in [-0.05, 0) is 47.9 Å². The van der Waals surface area contributed by atoms with Crippen LogP contribution in [-0.2, 0) is 0 Å². The van der Waals surface area contributed by atoms with E-state index in [1.165, 1.54) is 31.3 Å². The Kier molecular flexibility index (Phi) is 2.96. The lowest BCUT2D eigenvalue weighted by molar-refractivity contribution is 1.48. The highest BCUT2D eigenvalue weighted by molar-refractivity contribution is 7.25. The number of fused-ring (bicyclic) bond motifs is 3. The van der Waals surface area contributed by atoms with Crippen LogP contribution in [0.25, 0.3) is 31.3 Å². The van der Waals surface area contributed by atoms with E-state index < -0.39 is 0 Å². The van der Waals surface area contributed by atoms with Gasteiger partial charge in [0.25, 0.3) is 0 Å². The van der Waals surface area contributed by atoms with Gasteiger partial charge in [0.2, 0.25) is 0 Å². The Morgan fingerprint density at radius 2 is 1.64 bits per heavy atom. The summed E-state index contributed by atoms with van der Waals surface area (Å²) in [5.41, 5.74) is 4.37. The van der Waals surface area contributed by atoms with Crippen molar-refractivity contribution in [2.24, 2.45) is 0 Å². The van der Waals surface area contributed by atoms with E-state index >= 15 is 0 Å². The molecule has 3 aromatic carbocycles. The van der Waals surface area contributed by atoms with Gasteiger partial charge in [0.1, 0.15) is 0 Å². The van der Waals surface area contributed by atoms with Crippen LogP contribution in [0, 0.1) is 18.3 Å². The Hall–Kier alpha value is -2.63. The fourth-order valence-corrected chi connectivity index (χ4v) is 4.14. The Balaban J connectivity index is 1.92. The zero-order valence-electron chi connectivity index (χ0n) is 12.1. The predicted octanol–water partition coefficient (Wildman–Crippen LogP) is 5.90. The van der Waals surface area contributed by atoms with Crippen molar-refractivity contribution in [1.82, 2.24) is 0 Å². The van der Waals surface area contributed by atoms with Crippen molar-refractivity contribution in [3.63, 3.8) is 0 Å². The summed E-state index contributed by atoms with van der Waals surface area (Å²) in [7, 11) is 0. The van der Waals surface area contributed by atoms with Crippen LogP contribution in [0.2, 0.25) is 0 Å². The zero-order chi connectivity index (χ0) is 15.1. The molecule has 4 rings (SSSR count). The maximum absolute atomic E-state index is 8.90. The van der Waals surface area contributed by atoms with E-state index in [1.54, 1.807) is 0 Å². The lowest BCUT2D eigenvalue weighted by atomic mass is 10.0. The van der Waals surface area contributed by atoms with E-state index in [9.17, 15) is 0 Å². The molecule has 0 fully saturated rings. The molecule has 1 nitrogen and oxygen atoms in total. The van der Waals surface area contributed by atoms with Gasteiger partial charge in [0, 0.05) is 20.2 Å². The van der Waals surface area contributed by atoms with Crippen molar-refractivity contribution >= 4 is 31.5 Å². The largest absolute Gasteiger partial charge is 0.192 e. The van der Waals surface area contributed by atoms with Gasteiger partial charge < -0.3 is 0 Å². The lowest BCUT2D eigenvalue weighted by Gasteiger charge is -2.02. The van der Waals surface area contributed by atoms with Crippen molar-refractivity contribution in [1.29, 1.82) is 5.26 Å². The molecule has 1 aromatic heterocycles. The minimum Gasteiger partial charge on any atom is -0.192 e. The first-order chi connectivity index (χ1) is 10.8. The molecule has 0 saturated carbocycles. The average Bonchev–Trinajstić information content (AvgIpc) is 2.93. The second-order valence-electron chi connectivity index (χ2n) is 5.45. The number of thiophene rings is 1. The molecule has 1 heterocycles. The number of nitriles is 1. The highest BCUT2D eigenvalue weighted by atomic mass is 32.1. The molecule has 104 valence electrons. The molecule has 0 radical (unpaired) electrons. The number of hydrogen-bond acceptors (Lipinski definition) is 2. The van der Waals surface area contributed by atoms with Crippen LogP contribution < -0.4 is 0 Å². The Labute approximate surface area is 133 Å². The van der Waals surface area contributed by atoms with E-state index in [0.717, 1.165) is 5.56 Å². The Morgan fingerprint density at radius 3 is 2.41 bits per heavy atom. The maximum atomic E-state index is 8.90. The van der Waals surface area contributed by atoms with E-state index in [-0.39, 0.29) is 0 Å². The highest BCUT2D eigenvalue weighted by Gasteiger charge is 2.08. The summed E-state index contributed by atoms with van der Waals surface area (Å²) < 4.78 is 2.65. The van der Waals surface area contributed by atoms with Crippen LogP contribution >= 0.6 is 11.3 Å². The summed E-state index contributed by atoms with van der Waals surface area (Å²) >= 11 is 1.84. The standard InChI is InChI=1S/C20H13NS/c1-13-3-2-4-18-20(13)17-10-9-16(11-19(17)22-18)15-7-5-14(12-21)6-8-15/h2-11H,1H3. The summed E-state index contributed by atoms with van der Waals surface area (Å²) in [5.74, 6) is 0. The molecule has 0 aliphatic rings. The molecule has 0 N–H and O–H groups in total. The van der Waals surface area contributed by atoms with Crippen LogP contribution in [0.1, 0.15) is 11.1 Å². The van der Waals surface area contributed by atoms with Crippen molar-refractivity contribution in [2.45, 2.75) is 6.92 Å². The smallest absolute Gasteiger partial charge is 0.0991 e. The number of benzene rings is 3. The maximum Gasteiger partial charge on any atom is 0.0991 e. The first-order valence-electron chi connectivity index (χ1n) is 7.19. The third-order valence-corrected chi connectivity index (χ3v) is 5.17. The quantitative estimate of drug-likeness (QED) is 0.429. The van der Waals surface area contributed by atoms with Gasteiger partial charge in [-0.3, -0.25) is 0 Å². The van der Waals surface area contributed by atoms with Crippen LogP contribution in [-0.4, -0.2) is 0 Å². The average molecular weight is 299 g/mol. The zero-order valence-corrected chi connectivity index (χ0v) is 12.9. The van der Waals surface area contributed by atoms with E-state index in [0.29, 0.717) is 5.56 Å². The van der Waals surface area contributed by atoms with E-state index in [1.807, 2.05) is 35.6 Å². The molecule has 0 atom stereocenters. The van der Waals surface area contributed by atoms with Crippen molar-refractivity contribution in [3.8, 4) is 17.2 Å². The van der Waals surface area contributed by atoms with Gasteiger partial charge in [0.15, 0.2) is 0 Å². The van der Waals surface area contributed by atoms with Gasteiger partial charge in [-0.15, -0.1) is 11.3 Å². The Bertz CT molecular complexity index is 1030. The molecule has 0 aliphatic carbocycles. The summed E-state index contributed by atoms with van der Waals surface area (Å²) in [4.78, 5) is 0. The van der Waals surface area contributed by atoms with Gasteiger partial charge >= 0.3 is 0 Å². The number of aryl methyl sites for hydroxylation is 1. The van der Waals surface area contributed by atoms with Crippen LogP contribution in [0.4, 0.5) is 0 Å². The van der Waals surface area contributed by atoms with Gasteiger partial charge in [-0.2, -0.15) is 5.26 Å².